The number of hydrogen-bond acceptors (Lipinski definition) is 6. The van der Waals surface area contributed by atoms with Gasteiger partial charge in [-0.3, -0.25) is 4.79 Å². The highest BCUT2D eigenvalue weighted by Gasteiger charge is 2.38. The topological polar surface area (TPSA) is 69.0 Å². The van der Waals surface area contributed by atoms with Gasteiger partial charge in [-0.2, -0.15) is 4.98 Å². The van der Waals surface area contributed by atoms with Crippen molar-refractivity contribution in [3.05, 3.63) is 77.0 Å². The van der Waals surface area contributed by atoms with Crippen LogP contribution in [0.25, 0.3) is 0 Å². The summed E-state index contributed by atoms with van der Waals surface area (Å²) in [6.07, 6.45) is 2.25. The molecule has 2 aromatic carbocycles. The third-order valence-corrected chi connectivity index (χ3v) is 6.40. The zero-order chi connectivity index (χ0) is 20.5. The Labute approximate surface area is 179 Å². The van der Waals surface area contributed by atoms with Gasteiger partial charge in [0.2, 0.25) is 11.1 Å². The molecule has 0 amide bonds. The first-order valence-corrected chi connectivity index (χ1v) is 11.0. The Balaban J connectivity index is 1.55. The molecule has 0 spiro atoms. The second-order valence-corrected chi connectivity index (χ2v) is 8.32. The predicted octanol–water partition coefficient (Wildman–Crippen LogP) is 4.60. The summed E-state index contributed by atoms with van der Waals surface area (Å²) in [5.41, 5.74) is 3.89. The van der Waals surface area contributed by atoms with Crippen molar-refractivity contribution in [3.8, 4) is 5.75 Å². The monoisotopic (exact) mass is 418 g/mol. The van der Waals surface area contributed by atoms with Crippen LogP contribution in [0.2, 0.25) is 0 Å². The Morgan fingerprint density at radius 2 is 1.93 bits per heavy atom. The van der Waals surface area contributed by atoms with Crippen molar-refractivity contribution in [1.29, 1.82) is 0 Å². The van der Waals surface area contributed by atoms with Crippen molar-refractivity contribution in [2.45, 2.75) is 36.2 Å². The summed E-state index contributed by atoms with van der Waals surface area (Å²) < 4.78 is 7.46. The summed E-state index contributed by atoms with van der Waals surface area (Å²) >= 11 is 1.59. The molecule has 0 saturated heterocycles. The number of hydrogen-bond donors (Lipinski definition) is 1. The van der Waals surface area contributed by atoms with E-state index in [1.165, 1.54) is 5.56 Å². The molecule has 0 fully saturated rings. The summed E-state index contributed by atoms with van der Waals surface area (Å²) in [5, 5.41) is 8.86. The van der Waals surface area contributed by atoms with Crippen LogP contribution in [-0.4, -0.2) is 27.7 Å². The number of methoxy groups -OCH3 is 1. The molecule has 1 aromatic heterocycles. The Bertz CT molecular complexity index is 1120. The molecule has 0 saturated carbocycles. The zero-order valence-corrected chi connectivity index (χ0v) is 17.5. The van der Waals surface area contributed by atoms with E-state index in [1.54, 1.807) is 18.9 Å². The number of benzene rings is 2. The normalized spacial score (nSPS) is 17.9. The number of anilines is 1. The molecule has 1 unspecified atom stereocenters. The Hall–Kier alpha value is -3.06. The number of Topliss-reactive ketones (excluding diaryl/α,β-unsaturated/α-hetero) is 1. The number of ether oxygens (including phenoxy) is 1. The molecule has 1 aliphatic carbocycles. The fraction of sp³-hybridized carbons (Fsp3) is 0.261. The molecule has 1 aliphatic heterocycles. The Morgan fingerprint density at radius 3 is 2.77 bits per heavy atom. The number of nitrogens with zero attached hydrogens (tertiary/aromatic N) is 3. The van der Waals surface area contributed by atoms with E-state index in [1.807, 2.05) is 47.1 Å². The first-order valence-electron chi connectivity index (χ1n) is 10.0. The lowest BCUT2D eigenvalue weighted by atomic mass is 9.85. The van der Waals surface area contributed by atoms with Gasteiger partial charge in [0.15, 0.2) is 5.78 Å². The standard InChI is InChI=1S/C23H22N4O2S/c1-29-19-13-6-5-10-16(19)21-20-17(11-7-12-18(20)28)24-22-25-23(26-27(21)22)30-14-15-8-3-2-4-9-15/h2-6,8-10,13,21H,7,11-12,14H2,1H3,(H,24,25,26). The van der Waals surface area contributed by atoms with Gasteiger partial charge in [0.05, 0.1) is 7.11 Å². The summed E-state index contributed by atoms with van der Waals surface area (Å²) in [5.74, 6) is 2.37. The van der Waals surface area contributed by atoms with Gasteiger partial charge in [-0.15, -0.1) is 5.10 Å². The first kappa shape index (κ1) is 18.9. The fourth-order valence-corrected chi connectivity index (χ4v) is 4.88. The van der Waals surface area contributed by atoms with Gasteiger partial charge >= 0.3 is 0 Å². The van der Waals surface area contributed by atoms with Gasteiger partial charge in [0.1, 0.15) is 11.8 Å². The molecule has 0 radical (unpaired) electrons. The van der Waals surface area contributed by atoms with Gasteiger partial charge in [-0.05, 0) is 24.5 Å². The number of aromatic nitrogens is 3. The van der Waals surface area contributed by atoms with Crippen molar-refractivity contribution in [3.63, 3.8) is 0 Å². The van der Waals surface area contributed by atoms with Crippen molar-refractivity contribution in [2.24, 2.45) is 0 Å². The molecule has 0 bridgehead atoms. The van der Waals surface area contributed by atoms with E-state index in [4.69, 9.17) is 14.8 Å². The van der Waals surface area contributed by atoms with Gasteiger partial charge in [-0.1, -0.05) is 60.3 Å². The minimum atomic E-state index is -0.334. The van der Waals surface area contributed by atoms with Crippen LogP contribution in [0.15, 0.2) is 71.0 Å². The van der Waals surface area contributed by atoms with Gasteiger partial charge in [0, 0.05) is 29.0 Å². The minimum absolute atomic E-state index is 0.166. The number of rotatable bonds is 5. The number of allylic oxidation sites excluding steroid dienone is 2. The maximum Gasteiger partial charge on any atom is 0.227 e. The largest absolute Gasteiger partial charge is 0.496 e. The number of carbonyl (C=O) groups excluding carboxylic acids is 1. The summed E-state index contributed by atoms with van der Waals surface area (Å²) in [7, 11) is 1.65. The number of thioether (sulfide) groups is 1. The zero-order valence-electron chi connectivity index (χ0n) is 16.7. The van der Waals surface area contributed by atoms with Crippen molar-refractivity contribution >= 4 is 23.5 Å². The number of carbonyl (C=O) groups is 1. The second-order valence-electron chi connectivity index (χ2n) is 7.38. The van der Waals surface area contributed by atoms with Gasteiger partial charge in [0.25, 0.3) is 0 Å². The van der Waals surface area contributed by atoms with E-state index in [2.05, 4.69) is 17.4 Å². The van der Waals surface area contributed by atoms with Crippen molar-refractivity contribution in [2.75, 3.05) is 12.4 Å². The molecule has 5 rings (SSSR count). The number of fused-ring (bicyclic) bond motifs is 1. The second kappa shape index (κ2) is 7.99. The Kier molecular flexibility index (Phi) is 5.04. The van der Waals surface area contributed by atoms with Crippen LogP contribution >= 0.6 is 11.8 Å². The third-order valence-electron chi connectivity index (χ3n) is 5.49. The summed E-state index contributed by atoms with van der Waals surface area (Å²) in [4.78, 5) is 17.7. The van der Waals surface area contributed by atoms with Crippen molar-refractivity contribution < 1.29 is 9.53 Å². The molecule has 1 N–H and O–H groups in total. The molecule has 6 nitrogen and oxygen atoms in total. The van der Waals surface area contributed by atoms with E-state index in [0.717, 1.165) is 41.2 Å². The molecule has 1 atom stereocenters. The average Bonchev–Trinajstić information content (AvgIpc) is 3.20. The third kappa shape index (κ3) is 3.39. The Morgan fingerprint density at radius 1 is 1.13 bits per heavy atom. The van der Waals surface area contributed by atoms with Gasteiger partial charge < -0.3 is 10.1 Å². The minimum Gasteiger partial charge on any atom is -0.496 e. The lowest BCUT2D eigenvalue weighted by Gasteiger charge is -2.32. The average molecular weight is 419 g/mol. The van der Waals surface area contributed by atoms with Crippen molar-refractivity contribution in [1.82, 2.24) is 14.8 Å². The lowest BCUT2D eigenvalue weighted by molar-refractivity contribution is -0.116. The molecule has 2 heterocycles. The molecule has 2 aliphatic rings. The van der Waals surface area contributed by atoms with Crippen LogP contribution in [0.1, 0.15) is 36.4 Å². The highest BCUT2D eigenvalue weighted by molar-refractivity contribution is 7.98. The smallest absolute Gasteiger partial charge is 0.227 e. The highest BCUT2D eigenvalue weighted by atomic mass is 32.2. The molecule has 7 heteroatoms. The van der Waals surface area contributed by atoms with Crippen LogP contribution < -0.4 is 10.1 Å². The van der Waals surface area contributed by atoms with Crippen LogP contribution in [0.5, 0.6) is 5.75 Å². The maximum absolute atomic E-state index is 12.9. The molecular weight excluding hydrogens is 396 g/mol. The first-order chi connectivity index (χ1) is 14.7. The van der Waals surface area contributed by atoms with E-state index in [-0.39, 0.29) is 11.8 Å². The van der Waals surface area contributed by atoms with E-state index in [9.17, 15) is 4.79 Å². The van der Waals surface area contributed by atoms with E-state index < -0.39 is 0 Å². The van der Waals surface area contributed by atoms with E-state index in [0.29, 0.717) is 17.5 Å². The highest BCUT2D eigenvalue weighted by Crippen LogP contribution is 2.43. The number of nitrogens with one attached hydrogen (secondary N) is 1. The quantitative estimate of drug-likeness (QED) is 0.611. The number of para-hydroxylation sites is 1. The van der Waals surface area contributed by atoms with Crippen LogP contribution in [-0.2, 0) is 10.5 Å². The van der Waals surface area contributed by atoms with E-state index >= 15 is 0 Å². The number of ketones is 1. The predicted molar refractivity (Wildman–Crippen MR) is 117 cm³/mol. The molecule has 152 valence electrons. The van der Waals surface area contributed by atoms with Crippen LogP contribution in [0, 0.1) is 0 Å². The van der Waals surface area contributed by atoms with Gasteiger partial charge in [-0.25, -0.2) is 4.68 Å². The summed E-state index contributed by atoms with van der Waals surface area (Å²) in [6, 6.07) is 17.8. The maximum atomic E-state index is 12.9. The van der Waals surface area contributed by atoms with Crippen LogP contribution in [0.4, 0.5) is 5.95 Å². The SMILES string of the molecule is COc1ccccc1C1C2=C(CCCC2=O)Nc2nc(SCc3ccccc3)nn21. The van der Waals surface area contributed by atoms with Crippen LogP contribution in [0.3, 0.4) is 0 Å². The summed E-state index contributed by atoms with van der Waals surface area (Å²) in [6.45, 7) is 0. The lowest BCUT2D eigenvalue weighted by Crippen LogP contribution is -2.31. The molecular formula is C23H22N4O2S. The fourth-order valence-electron chi connectivity index (χ4n) is 4.10. The molecule has 3 aromatic rings. The molecule has 30 heavy (non-hydrogen) atoms.